The fourth-order valence-electron chi connectivity index (χ4n) is 1.44. The van der Waals surface area contributed by atoms with E-state index in [0.717, 1.165) is 0 Å². The Morgan fingerprint density at radius 1 is 1.36 bits per heavy atom. The number of hydrogen-bond acceptors (Lipinski definition) is 4. The van der Waals surface area contributed by atoms with Crippen LogP contribution in [0.3, 0.4) is 0 Å². The number of primary amides is 1. The molecule has 1 rings (SSSR count). The maximum atomic E-state index is 11.6. The molecular weight excluding hydrogens is 206 g/mol. The number of rotatable bonds is 4. The number of nitrogens with two attached hydrogens (primary N) is 1. The fourth-order valence-corrected chi connectivity index (χ4v) is 3.17. The minimum Gasteiger partial charge on any atom is -0.381 e. The van der Waals surface area contributed by atoms with Crippen LogP contribution in [-0.4, -0.2) is 38.5 Å². The Morgan fingerprint density at radius 2 is 1.93 bits per heavy atom. The Kier molecular flexibility index (Phi) is 3.88. The summed E-state index contributed by atoms with van der Waals surface area (Å²) in [7, 11) is -3.16. The van der Waals surface area contributed by atoms with Crippen LogP contribution in [0.2, 0.25) is 0 Å². The zero-order chi connectivity index (χ0) is 10.6. The van der Waals surface area contributed by atoms with Crippen LogP contribution in [0.25, 0.3) is 0 Å². The lowest BCUT2D eigenvalue weighted by atomic mass is 10.2. The van der Waals surface area contributed by atoms with Gasteiger partial charge in [-0.25, -0.2) is 8.42 Å². The van der Waals surface area contributed by atoms with E-state index in [0.29, 0.717) is 26.1 Å². The normalized spacial score (nSPS) is 19.4. The Balaban J connectivity index is 2.50. The smallest absolute Gasteiger partial charge is 0.218 e. The first-order valence-corrected chi connectivity index (χ1v) is 6.31. The Hall–Kier alpha value is -0.620. The zero-order valence-corrected chi connectivity index (χ0v) is 8.76. The number of sulfone groups is 1. The highest BCUT2D eigenvalue weighted by molar-refractivity contribution is 7.92. The molecule has 1 aliphatic heterocycles. The average molecular weight is 221 g/mol. The predicted molar refractivity (Wildman–Crippen MR) is 51.4 cm³/mol. The zero-order valence-electron chi connectivity index (χ0n) is 7.94. The summed E-state index contributed by atoms with van der Waals surface area (Å²) >= 11 is 0. The van der Waals surface area contributed by atoms with E-state index >= 15 is 0 Å². The number of carbonyl (C=O) groups excluding carboxylic acids is 1. The van der Waals surface area contributed by atoms with Gasteiger partial charge in [-0.1, -0.05) is 0 Å². The second-order valence-corrected chi connectivity index (χ2v) is 5.80. The highest BCUT2D eigenvalue weighted by Gasteiger charge is 2.27. The van der Waals surface area contributed by atoms with Gasteiger partial charge in [-0.3, -0.25) is 4.79 Å². The Morgan fingerprint density at radius 3 is 2.43 bits per heavy atom. The van der Waals surface area contributed by atoms with Crippen LogP contribution in [0.5, 0.6) is 0 Å². The molecule has 0 spiro atoms. The van der Waals surface area contributed by atoms with Crippen LogP contribution in [0, 0.1) is 0 Å². The molecule has 0 aliphatic carbocycles. The molecule has 14 heavy (non-hydrogen) atoms. The van der Waals surface area contributed by atoms with Gasteiger partial charge < -0.3 is 10.5 Å². The van der Waals surface area contributed by atoms with Gasteiger partial charge in [0.15, 0.2) is 9.84 Å². The van der Waals surface area contributed by atoms with E-state index < -0.39 is 15.7 Å². The number of hydrogen-bond donors (Lipinski definition) is 1. The molecule has 0 aromatic carbocycles. The predicted octanol–water partition coefficient (Wildman–Crippen LogP) is -0.544. The van der Waals surface area contributed by atoms with Gasteiger partial charge in [-0.2, -0.15) is 0 Å². The molecule has 1 heterocycles. The fraction of sp³-hybridized carbons (Fsp3) is 0.875. The van der Waals surface area contributed by atoms with E-state index in [1.54, 1.807) is 0 Å². The quantitative estimate of drug-likeness (QED) is 0.690. The van der Waals surface area contributed by atoms with Crippen molar-refractivity contribution in [3.63, 3.8) is 0 Å². The first-order valence-electron chi connectivity index (χ1n) is 4.60. The molecule has 1 saturated heterocycles. The van der Waals surface area contributed by atoms with Crippen molar-refractivity contribution in [1.29, 1.82) is 0 Å². The molecule has 0 bridgehead atoms. The molecule has 1 aliphatic rings. The van der Waals surface area contributed by atoms with Crippen LogP contribution in [-0.2, 0) is 19.4 Å². The molecule has 6 heteroatoms. The molecule has 2 N–H and O–H groups in total. The van der Waals surface area contributed by atoms with Gasteiger partial charge in [0.25, 0.3) is 0 Å². The van der Waals surface area contributed by atoms with E-state index in [4.69, 9.17) is 10.5 Å². The SMILES string of the molecule is NC(=O)CCS(=O)(=O)C1CCOCC1. The minimum absolute atomic E-state index is 0.0836. The summed E-state index contributed by atoms with van der Waals surface area (Å²) in [6.07, 6.45) is 0.974. The van der Waals surface area contributed by atoms with Crippen LogP contribution in [0.1, 0.15) is 19.3 Å². The molecule has 1 amide bonds. The van der Waals surface area contributed by atoms with Gasteiger partial charge in [0.1, 0.15) is 0 Å². The van der Waals surface area contributed by atoms with Gasteiger partial charge in [0, 0.05) is 19.6 Å². The molecule has 0 atom stereocenters. The van der Waals surface area contributed by atoms with Gasteiger partial charge in [-0.05, 0) is 12.8 Å². The Bertz CT molecular complexity index is 292. The van der Waals surface area contributed by atoms with Gasteiger partial charge in [-0.15, -0.1) is 0 Å². The van der Waals surface area contributed by atoms with Crippen LogP contribution >= 0.6 is 0 Å². The molecule has 0 unspecified atom stereocenters. The van der Waals surface area contributed by atoms with Crippen molar-refractivity contribution in [3.05, 3.63) is 0 Å². The first kappa shape index (κ1) is 11.5. The van der Waals surface area contributed by atoms with Gasteiger partial charge in [0.2, 0.25) is 5.91 Å². The van der Waals surface area contributed by atoms with E-state index in [9.17, 15) is 13.2 Å². The van der Waals surface area contributed by atoms with Crippen molar-refractivity contribution < 1.29 is 17.9 Å². The summed E-state index contributed by atoms with van der Waals surface area (Å²) in [5.41, 5.74) is 4.90. The van der Waals surface area contributed by atoms with Crippen LogP contribution < -0.4 is 5.73 Å². The summed E-state index contributed by atoms with van der Waals surface area (Å²) in [5, 5.41) is -0.351. The maximum absolute atomic E-state index is 11.6. The summed E-state index contributed by atoms with van der Waals surface area (Å²) in [6, 6.07) is 0. The standard InChI is InChI=1S/C8H15NO4S/c9-8(10)3-6-14(11,12)7-1-4-13-5-2-7/h7H,1-6H2,(H2,9,10). The molecule has 0 aromatic rings. The summed E-state index contributed by atoms with van der Waals surface area (Å²) in [4.78, 5) is 10.5. The second kappa shape index (κ2) is 4.75. The van der Waals surface area contributed by atoms with Gasteiger partial charge >= 0.3 is 0 Å². The lowest BCUT2D eigenvalue weighted by Gasteiger charge is -2.21. The maximum Gasteiger partial charge on any atom is 0.218 e. The highest BCUT2D eigenvalue weighted by Crippen LogP contribution is 2.16. The molecule has 5 nitrogen and oxygen atoms in total. The van der Waals surface area contributed by atoms with Crippen molar-refractivity contribution in [1.82, 2.24) is 0 Å². The number of ether oxygens (including phenoxy) is 1. The summed E-state index contributed by atoms with van der Waals surface area (Å²) < 4.78 is 28.3. The highest BCUT2D eigenvalue weighted by atomic mass is 32.2. The van der Waals surface area contributed by atoms with Crippen LogP contribution in [0.4, 0.5) is 0 Å². The molecule has 82 valence electrons. The molecule has 1 fully saturated rings. The third-order valence-corrected chi connectivity index (χ3v) is 4.57. The van der Waals surface area contributed by atoms with E-state index in [-0.39, 0.29) is 17.4 Å². The van der Waals surface area contributed by atoms with E-state index in [1.165, 1.54) is 0 Å². The minimum atomic E-state index is -3.16. The largest absolute Gasteiger partial charge is 0.381 e. The lowest BCUT2D eigenvalue weighted by molar-refractivity contribution is -0.117. The van der Waals surface area contributed by atoms with E-state index in [1.807, 2.05) is 0 Å². The summed E-state index contributed by atoms with van der Waals surface area (Å²) in [6.45, 7) is 0.973. The van der Waals surface area contributed by atoms with Crippen molar-refractivity contribution >= 4 is 15.7 Å². The van der Waals surface area contributed by atoms with E-state index in [2.05, 4.69) is 0 Å². The van der Waals surface area contributed by atoms with Crippen molar-refractivity contribution in [3.8, 4) is 0 Å². The molecule has 0 aromatic heterocycles. The van der Waals surface area contributed by atoms with Crippen molar-refractivity contribution in [2.75, 3.05) is 19.0 Å². The molecule has 0 radical (unpaired) electrons. The monoisotopic (exact) mass is 221 g/mol. The molecular formula is C8H15NO4S. The number of amides is 1. The van der Waals surface area contributed by atoms with Crippen molar-refractivity contribution in [2.45, 2.75) is 24.5 Å². The topological polar surface area (TPSA) is 86.5 Å². The number of carbonyl (C=O) groups is 1. The average Bonchev–Trinajstić information content (AvgIpc) is 2.16. The molecule has 0 saturated carbocycles. The second-order valence-electron chi connectivity index (χ2n) is 3.40. The van der Waals surface area contributed by atoms with Crippen LogP contribution in [0.15, 0.2) is 0 Å². The first-order chi connectivity index (χ1) is 6.52. The third-order valence-electron chi connectivity index (χ3n) is 2.31. The lowest BCUT2D eigenvalue weighted by Crippen LogP contribution is -2.32. The third kappa shape index (κ3) is 3.26. The summed E-state index contributed by atoms with van der Waals surface area (Å²) in [5.74, 6) is -0.701. The van der Waals surface area contributed by atoms with Crippen molar-refractivity contribution in [2.24, 2.45) is 5.73 Å². The van der Waals surface area contributed by atoms with Gasteiger partial charge in [0.05, 0.1) is 11.0 Å². The Labute approximate surface area is 83.5 Å².